The molecule has 6 nitrogen and oxygen atoms in total. The molecule has 0 heterocycles. The molecule has 0 bridgehead atoms. The molecule has 0 unspecified atom stereocenters. The number of hydrogen-bond donors (Lipinski definition) is 2. The van der Waals surface area contributed by atoms with Crippen LogP contribution in [0.4, 0.5) is 0 Å². The van der Waals surface area contributed by atoms with Crippen molar-refractivity contribution in [3.63, 3.8) is 0 Å². The van der Waals surface area contributed by atoms with Gasteiger partial charge in [-0.05, 0) is 55.3 Å². The monoisotopic (exact) mass is 376 g/mol. The van der Waals surface area contributed by atoms with Gasteiger partial charge in [-0.3, -0.25) is 4.79 Å². The fourth-order valence-electron chi connectivity index (χ4n) is 2.23. The minimum Gasteiger partial charge on any atom is -0.497 e. The summed E-state index contributed by atoms with van der Waals surface area (Å²) in [5.74, 6) is 0.488. The van der Waals surface area contributed by atoms with E-state index < -0.39 is 10.0 Å². The van der Waals surface area contributed by atoms with Gasteiger partial charge < -0.3 is 10.1 Å². The zero-order valence-electron chi connectivity index (χ0n) is 15.2. The molecule has 0 saturated heterocycles. The summed E-state index contributed by atoms with van der Waals surface area (Å²) < 4.78 is 32.1. The van der Waals surface area contributed by atoms with E-state index in [2.05, 4.69) is 10.0 Å². The molecule has 0 saturated carbocycles. The van der Waals surface area contributed by atoms with E-state index >= 15 is 0 Å². The first-order valence-electron chi connectivity index (χ1n) is 8.39. The van der Waals surface area contributed by atoms with Gasteiger partial charge in [-0.1, -0.05) is 19.1 Å². The van der Waals surface area contributed by atoms with Crippen LogP contribution in [0.3, 0.4) is 0 Å². The Bertz CT molecular complexity index is 831. The van der Waals surface area contributed by atoms with Crippen molar-refractivity contribution in [2.45, 2.75) is 37.8 Å². The lowest BCUT2D eigenvalue weighted by atomic mass is 10.2. The summed E-state index contributed by atoms with van der Waals surface area (Å²) in [6.45, 7) is 4.08. The molecule has 0 aliphatic heterocycles. The molecule has 2 aromatic carbocycles. The quantitative estimate of drug-likeness (QED) is 0.742. The average Bonchev–Trinajstić information content (AvgIpc) is 2.66. The third-order valence-electron chi connectivity index (χ3n) is 4.01. The second-order valence-corrected chi connectivity index (χ2v) is 7.70. The summed E-state index contributed by atoms with van der Waals surface area (Å²) in [7, 11) is -1.97. The average molecular weight is 376 g/mol. The van der Waals surface area contributed by atoms with E-state index in [-0.39, 0.29) is 16.8 Å². The maximum atomic E-state index is 12.2. The first-order chi connectivity index (χ1) is 12.4. The van der Waals surface area contributed by atoms with Crippen LogP contribution in [0, 0.1) is 0 Å². The first-order valence-corrected chi connectivity index (χ1v) is 9.87. The minimum absolute atomic E-state index is 0.143. The van der Waals surface area contributed by atoms with E-state index in [4.69, 9.17) is 4.74 Å². The number of carbonyl (C=O) groups is 1. The van der Waals surface area contributed by atoms with E-state index in [0.29, 0.717) is 18.5 Å². The Hall–Kier alpha value is -2.38. The van der Waals surface area contributed by atoms with Crippen molar-refractivity contribution in [2.75, 3.05) is 7.11 Å². The van der Waals surface area contributed by atoms with E-state index in [9.17, 15) is 13.2 Å². The smallest absolute Gasteiger partial charge is 0.251 e. The molecule has 0 fully saturated rings. The van der Waals surface area contributed by atoms with Crippen LogP contribution in [0.5, 0.6) is 5.75 Å². The molecule has 1 amide bonds. The Morgan fingerprint density at radius 3 is 2.23 bits per heavy atom. The molecule has 0 aliphatic carbocycles. The van der Waals surface area contributed by atoms with Crippen LogP contribution in [0.15, 0.2) is 53.4 Å². The molecule has 140 valence electrons. The van der Waals surface area contributed by atoms with Gasteiger partial charge >= 0.3 is 0 Å². The van der Waals surface area contributed by atoms with Crippen LogP contribution in [0.1, 0.15) is 36.2 Å². The fourth-order valence-corrected chi connectivity index (χ4v) is 3.56. The number of sulfonamides is 1. The van der Waals surface area contributed by atoms with E-state index in [0.717, 1.165) is 11.3 Å². The van der Waals surface area contributed by atoms with Gasteiger partial charge in [-0.25, -0.2) is 13.1 Å². The zero-order chi connectivity index (χ0) is 19.2. The molecule has 2 aromatic rings. The standard InChI is InChI=1S/C19H24N2O4S/c1-4-14(2)21-26(23,24)18-11-7-16(8-12-18)19(22)20-13-15-5-9-17(25-3)10-6-15/h5-12,14,21H,4,13H2,1-3H3,(H,20,22)/t14-/m0/s1. The Balaban J connectivity index is 1.99. The summed E-state index contributed by atoms with van der Waals surface area (Å²) in [5, 5.41) is 2.81. The van der Waals surface area contributed by atoms with Gasteiger partial charge in [0.15, 0.2) is 0 Å². The highest BCUT2D eigenvalue weighted by molar-refractivity contribution is 7.89. The van der Waals surface area contributed by atoms with Gasteiger partial charge in [-0.15, -0.1) is 0 Å². The summed E-state index contributed by atoms with van der Waals surface area (Å²) in [6.07, 6.45) is 0.699. The Kier molecular flexibility index (Phi) is 6.76. The minimum atomic E-state index is -3.57. The molecule has 0 radical (unpaired) electrons. The topological polar surface area (TPSA) is 84.5 Å². The lowest BCUT2D eigenvalue weighted by molar-refractivity contribution is 0.0951. The molecule has 1 atom stereocenters. The second kappa shape index (κ2) is 8.82. The van der Waals surface area contributed by atoms with Gasteiger partial charge in [0.2, 0.25) is 10.0 Å². The number of rotatable bonds is 8. The summed E-state index contributed by atoms with van der Waals surface area (Å²) in [6, 6.07) is 13.1. The lowest BCUT2D eigenvalue weighted by Gasteiger charge is -2.12. The van der Waals surface area contributed by atoms with Crippen molar-refractivity contribution < 1.29 is 17.9 Å². The molecular formula is C19H24N2O4S. The molecule has 0 spiro atoms. The van der Waals surface area contributed by atoms with Crippen LogP contribution < -0.4 is 14.8 Å². The van der Waals surface area contributed by atoms with Crippen LogP contribution in [-0.4, -0.2) is 27.5 Å². The molecule has 2 N–H and O–H groups in total. The number of benzene rings is 2. The van der Waals surface area contributed by atoms with Crippen LogP contribution in [-0.2, 0) is 16.6 Å². The number of carbonyl (C=O) groups excluding carboxylic acids is 1. The molecule has 2 rings (SSSR count). The largest absolute Gasteiger partial charge is 0.497 e. The number of methoxy groups -OCH3 is 1. The highest BCUT2D eigenvalue weighted by Crippen LogP contribution is 2.13. The third-order valence-corrected chi connectivity index (χ3v) is 5.61. The normalized spacial score (nSPS) is 12.4. The number of hydrogen-bond acceptors (Lipinski definition) is 4. The second-order valence-electron chi connectivity index (χ2n) is 5.99. The highest BCUT2D eigenvalue weighted by Gasteiger charge is 2.17. The number of nitrogens with one attached hydrogen (secondary N) is 2. The Labute approximate surface area is 154 Å². The first kappa shape index (κ1) is 19.9. The molecular weight excluding hydrogens is 352 g/mol. The zero-order valence-corrected chi connectivity index (χ0v) is 16.0. The summed E-state index contributed by atoms with van der Waals surface area (Å²) in [5.41, 5.74) is 1.34. The van der Waals surface area contributed by atoms with Crippen molar-refractivity contribution >= 4 is 15.9 Å². The van der Waals surface area contributed by atoms with E-state index in [1.165, 1.54) is 24.3 Å². The van der Waals surface area contributed by atoms with Gasteiger partial charge in [-0.2, -0.15) is 0 Å². The van der Waals surface area contributed by atoms with Gasteiger partial charge in [0.1, 0.15) is 5.75 Å². The van der Waals surface area contributed by atoms with Crippen molar-refractivity contribution in [3.8, 4) is 5.75 Å². The van der Waals surface area contributed by atoms with E-state index in [1.54, 1.807) is 14.0 Å². The predicted octanol–water partition coefficient (Wildman–Crippen LogP) is 2.70. The van der Waals surface area contributed by atoms with Gasteiger partial charge in [0.05, 0.1) is 12.0 Å². The molecule has 7 heteroatoms. The van der Waals surface area contributed by atoms with E-state index in [1.807, 2.05) is 31.2 Å². The summed E-state index contributed by atoms with van der Waals surface area (Å²) in [4.78, 5) is 12.4. The molecule has 0 aromatic heterocycles. The van der Waals surface area contributed by atoms with Gasteiger partial charge in [0.25, 0.3) is 5.91 Å². The Morgan fingerprint density at radius 1 is 1.08 bits per heavy atom. The molecule has 0 aliphatic rings. The predicted molar refractivity (Wildman–Crippen MR) is 101 cm³/mol. The third kappa shape index (κ3) is 5.31. The van der Waals surface area contributed by atoms with Crippen molar-refractivity contribution in [1.29, 1.82) is 0 Å². The fraction of sp³-hybridized carbons (Fsp3) is 0.316. The van der Waals surface area contributed by atoms with Gasteiger partial charge in [0, 0.05) is 18.2 Å². The Morgan fingerprint density at radius 2 is 1.69 bits per heavy atom. The van der Waals surface area contributed by atoms with Crippen molar-refractivity contribution in [2.24, 2.45) is 0 Å². The maximum absolute atomic E-state index is 12.2. The number of amides is 1. The summed E-state index contributed by atoms with van der Waals surface area (Å²) >= 11 is 0. The lowest BCUT2D eigenvalue weighted by Crippen LogP contribution is -2.32. The SMILES string of the molecule is CC[C@H](C)NS(=O)(=O)c1ccc(C(=O)NCc2ccc(OC)cc2)cc1. The van der Waals surface area contributed by atoms with Crippen molar-refractivity contribution in [1.82, 2.24) is 10.0 Å². The number of ether oxygens (including phenoxy) is 1. The molecule has 26 heavy (non-hydrogen) atoms. The van der Waals surface area contributed by atoms with Crippen LogP contribution in [0.2, 0.25) is 0 Å². The highest BCUT2D eigenvalue weighted by atomic mass is 32.2. The van der Waals surface area contributed by atoms with Crippen molar-refractivity contribution in [3.05, 3.63) is 59.7 Å². The van der Waals surface area contributed by atoms with Crippen LogP contribution >= 0.6 is 0 Å². The van der Waals surface area contributed by atoms with Crippen LogP contribution in [0.25, 0.3) is 0 Å². The maximum Gasteiger partial charge on any atom is 0.251 e.